The molecule has 1 aromatic carbocycles. The van der Waals surface area contributed by atoms with Gasteiger partial charge in [-0.3, -0.25) is 4.79 Å². The number of sulfonamides is 1. The molecule has 3 aliphatic rings. The van der Waals surface area contributed by atoms with E-state index in [0.717, 1.165) is 30.2 Å². The van der Waals surface area contributed by atoms with Crippen LogP contribution in [0.25, 0.3) is 0 Å². The molecule has 2 aliphatic carbocycles. The molecule has 5 nitrogen and oxygen atoms in total. The lowest BCUT2D eigenvalue weighted by Gasteiger charge is -2.35. The number of hydrogen-bond donors (Lipinski definition) is 1. The van der Waals surface area contributed by atoms with Gasteiger partial charge in [-0.25, -0.2) is 8.42 Å². The normalized spacial score (nSPS) is 34.3. The standard InChI is InChI=1S/C20H28N2O3S/c1-14-4-8-18(9-5-14)26(24,25)22-11-3-10-20(22,2)19(23)21-17-7-6-15-12-16(15)13-17/h4-5,8-9,15-17H,3,6-7,10-13H2,1-2H3,(H,21,23). The van der Waals surface area contributed by atoms with E-state index in [9.17, 15) is 13.2 Å². The highest BCUT2D eigenvalue weighted by molar-refractivity contribution is 7.89. The van der Waals surface area contributed by atoms with Gasteiger partial charge in [0.05, 0.1) is 4.90 Å². The predicted octanol–water partition coefficient (Wildman–Crippen LogP) is 2.84. The van der Waals surface area contributed by atoms with Gasteiger partial charge in [-0.15, -0.1) is 0 Å². The number of aryl methyl sites for hydroxylation is 1. The zero-order valence-corrected chi connectivity index (χ0v) is 16.4. The first kappa shape index (κ1) is 18.0. The average molecular weight is 377 g/mol. The van der Waals surface area contributed by atoms with Crippen LogP contribution in [0, 0.1) is 18.8 Å². The summed E-state index contributed by atoms with van der Waals surface area (Å²) in [5.74, 6) is 1.52. The Morgan fingerprint density at radius 2 is 1.88 bits per heavy atom. The molecule has 4 unspecified atom stereocenters. The maximum absolute atomic E-state index is 13.2. The average Bonchev–Trinajstić information content (AvgIpc) is 3.26. The third kappa shape index (κ3) is 3.07. The lowest BCUT2D eigenvalue weighted by Crippen LogP contribution is -2.57. The van der Waals surface area contributed by atoms with Gasteiger partial charge in [0.15, 0.2) is 0 Å². The van der Waals surface area contributed by atoms with E-state index in [-0.39, 0.29) is 16.8 Å². The monoisotopic (exact) mass is 376 g/mol. The van der Waals surface area contributed by atoms with Gasteiger partial charge in [0.1, 0.15) is 5.54 Å². The van der Waals surface area contributed by atoms with Crippen molar-refractivity contribution in [2.75, 3.05) is 6.54 Å². The SMILES string of the molecule is Cc1ccc(S(=O)(=O)N2CCCC2(C)C(=O)NC2CCC3CC3C2)cc1. The van der Waals surface area contributed by atoms with Crippen LogP contribution in [0.5, 0.6) is 0 Å². The molecule has 142 valence electrons. The Morgan fingerprint density at radius 3 is 2.58 bits per heavy atom. The van der Waals surface area contributed by atoms with Crippen molar-refractivity contribution in [1.82, 2.24) is 9.62 Å². The van der Waals surface area contributed by atoms with Crippen LogP contribution < -0.4 is 5.32 Å². The fraction of sp³-hybridized carbons (Fsp3) is 0.650. The number of hydrogen-bond acceptors (Lipinski definition) is 3. The summed E-state index contributed by atoms with van der Waals surface area (Å²) in [5, 5.41) is 3.18. The molecule has 4 rings (SSSR count). The molecule has 0 aromatic heterocycles. The number of carbonyl (C=O) groups is 1. The fourth-order valence-electron chi connectivity index (χ4n) is 4.71. The molecule has 1 N–H and O–H groups in total. The van der Waals surface area contributed by atoms with Crippen LogP contribution in [-0.2, 0) is 14.8 Å². The van der Waals surface area contributed by atoms with E-state index in [2.05, 4.69) is 5.32 Å². The van der Waals surface area contributed by atoms with E-state index >= 15 is 0 Å². The lowest BCUT2D eigenvalue weighted by molar-refractivity contribution is -0.129. The van der Waals surface area contributed by atoms with Crippen molar-refractivity contribution in [3.63, 3.8) is 0 Å². The van der Waals surface area contributed by atoms with Crippen molar-refractivity contribution in [3.05, 3.63) is 29.8 Å². The molecular weight excluding hydrogens is 348 g/mol. The summed E-state index contributed by atoms with van der Waals surface area (Å²) in [6.07, 6.45) is 5.85. The first-order valence-electron chi connectivity index (χ1n) is 9.71. The molecule has 1 aliphatic heterocycles. The number of amides is 1. The molecule has 4 atom stereocenters. The summed E-state index contributed by atoms with van der Waals surface area (Å²) < 4.78 is 27.7. The Bertz CT molecular complexity index is 805. The second-order valence-electron chi connectivity index (χ2n) is 8.51. The molecule has 1 heterocycles. The number of benzene rings is 1. The zero-order chi connectivity index (χ0) is 18.5. The van der Waals surface area contributed by atoms with Crippen molar-refractivity contribution in [3.8, 4) is 0 Å². The van der Waals surface area contributed by atoms with Crippen LogP contribution in [0.4, 0.5) is 0 Å². The summed E-state index contributed by atoms with van der Waals surface area (Å²) in [5.41, 5.74) is 0.0194. The predicted molar refractivity (Wildman–Crippen MR) is 100 cm³/mol. The van der Waals surface area contributed by atoms with E-state index in [1.807, 2.05) is 6.92 Å². The Labute approximate surface area is 156 Å². The largest absolute Gasteiger partial charge is 0.352 e. The summed E-state index contributed by atoms with van der Waals surface area (Å²) in [6, 6.07) is 7.07. The molecule has 0 bridgehead atoms. The zero-order valence-electron chi connectivity index (χ0n) is 15.6. The summed E-state index contributed by atoms with van der Waals surface area (Å²) in [4.78, 5) is 13.3. The Kier molecular flexibility index (Phi) is 4.39. The van der Waals surface area contributed by atoms with E-state index in [4.69, 9.17) is 0 Å². The van der Waals surface area contributed by atoms with Crippen molar-refractivity contribution in [2.24, 2.45) is 11.8 Å². The summed E-state index contributed by atoms with van der Waals surface area (Å²) >= 11 is 0. The van der Waals surface area contributed by atoms with Crippen LogP contribution in [0.3, 0.4) is 0 Å². The topological polar surface area (TPSA) is 66.5 Å². The van der Waals surface area contributed by atoms with Gasteiger partial charge in [-0.05, 0) is 76.3 Å². The molecule has 0 radical (unpaired) electrons. The van der Waals surface area contributed by atoms with Crippen molar-refractivity contribution in [2.45, 2.75) is 68.8 Å². The molecule has 0 spiro atoms. The maximum atomic E-state index is 13.2. The number of nitrogens with zero attached hydrogens (tertiary/aromatic N) is 1. The maximum Gasteiger partial charge on any atom is 0.244 e. The highest BCUT2D eigenvalue weighted by Crippen LogP contribution is 2.49. The van der Waals surface area contributed by atoms with Gasteiger partial charge in [0.25, 0.3) is 0 Å². The third-order valence-electron chi connectivity index (χ3n) is 6.55. The first-order chi connectivity index (χ1) is 12.3. The molecule has 6 heteroatoms. The van der Waals surface area contributed by atoms with Gasteiger partial charge >= 0.3 is 0 Å². The summed E-state index contributed by atoms with van der Waals surface area (Å²) in [6.45, 7) is 4.11. The molecular formula is C20H28N2O3S. The fourth-order valence-corrected chi connectivity index (χ4v) is 6.52. The van der Waals surface area contributed by atoms with E-state index in [1.54, 1.807) is 31.2 Å². The van der Waals surface area contributed by atoms with Crippen molar-refractivity contribution in [1.29, 1.82) is 0 Å². The van der Waals surface area contributed by atoms with Gasteiger partial charge in [0, 0.05) is 12.6 Å². The molecule has 26 heavy (non-hydrogen) atoms. The molecule has 3 fully saturated rings. The van der Waals surface area contributed by atoms with E-state index in [1.165, 1.54) is 17.1 Å². The second kappa shape index (κ2) is 6.34. The Balaban J connectivity index is 1.53. The van der Waals surface area contributed by atoms with Crippen LogP contribution in [0.1, 0.15) is 51.0 Å². The minimum Gasteiger partial charge on any atom is -0.352 e. The third-order valence-corrected chi connectivity index (χ3v) is 8.58. The number of carbonyl (C=O) groups excluding carboxylic acids is 1. The van der Waals surface area contributed by atoms with Crippen molar-refractivity contribution >= 4 is 15.9 Å². The quantitative estimate of drug-likeness (QED) is 0.879. The molecule has 1 saturated heterocycles. The number of rotatable bonds is 4. The molecule has 2 saturated carbocycles. The minimum absolute atomic E-state index is 0.130. The van der Waals surface area contributed by atoms with Gasteiger partial charge in [-0.1, -0.05) is 17.7 Å². The van der Waals surface area contributed by atoms with Crippen LogP contribution in [0.2, 0.25) is 0 Å². The molecule has 1 amide bonds. The highest BCUT2D eigenvalue weighted by Gasteiger charge is 2.50. The number of fused-ring (bicyclic) bond motifs is 1. The summed E-state index contributed by atoms with van der Waals surface area (Å²) in [7, 11) is -3.68. The van der Waals surface area contributed by atoms with E-state index in [0.29, 0.717) is 19.4 Å². The highest BCUT2D eigenvalue weighted by atomic mass is 32.2. The van der Waals surface area contributed by atoms with E-state index < -0.39 is 15.6 Å². The van der Waals surface area contributed by atoms with Gasteiger partial charge in [-0.2, -0.15) is 4.31 Å². The van der Waals surface area contributed by atoms with Crippen LogP contribution in [-0.4, -0.2) is 36.8 Å². The first-order valence-corrected chi connectivity index (χ1v) is 11.2. The van der Waals surface area contributed by atoms with Crippen LogP contribution in [0.15, 0.2) is 29.2 Å². The minimum atomic E-state index is -3.68. The second-order valence-corrected chi connectivity index (χ2v) is 10.4. The van der Waals surface area contributed by atoms with Gasteiger partial charge < -0.3 is 5.32 Å². The van der Waals surface area contributed by atoms with Gasteiger partial charge in [0.2, 0.25) is 15.9 Å². The number of nitrogens with one attached hydrogen (secondary N) is 1. The lowest BCUT2D eigenvalue weighted by atomic mass is 9.93. The Morgan fingerprint density at radius 1 is 1.15 bits per heavy atom. The molecule has 1 aromatic rings. The van der Waals surface area contributed by atoms with Crippen LogP contribution >= 0.6 is 0 Å². The smallest absolute Gasteiger partial charge is 0.244 e. The Hall–Kier alpha value is -1.40. The van der Waals surface area contributed by atoms with Crippen molar-refractivity contribution < 1.29 is 13.2 Å².